The second-order valence-electron chi connectivity index (χ2n) is 5.34. The zero-order valence-corrected chi connectivity index (χ0v) is 13.9. The van der Waals surface area contributed by atoms with Gasteiger partial charge in [-0.05, 0) is 37.1 Å². The minimum atomic E-state index is -0.0727. The monoisotopic (exact) mass is 318 g/mol. The number of ether oxygens (including phenoxy) is 1. The zero-order chi connectivity index (χ0) is 17.1. The second-order valence-corrected chi connectivity index (χ2v) is 5.34. The van der Waals surface area contributed by atoms with Crippen LogP contribution in [0.2, 0.25) is 0 Å². The minimum absolute atomic E-state index is 0.0658. The van der Waals surface area contributed by atoms with Gasteiger partial charge >= 0.3 is 0 Å². The largest absolute Gasteiger partial charge is 0.508 e. The summed E-state index contributed by atoms with van der Waals surface area (Å²) in [7, 11) is 0. The van der Waals surface area contributed by atoms with Crippen LogP contribution in [0.5, 0.6) is 11.5 Å². The molecule has 0 saturated heterocycles. The van der Waals surface area contributed by atoms with E-state index in [0.717, 1.165) is 31.2 Å². The molecule has 0 aromatic heterocycles. The van der Waals surface area contributed by atoms with Crippen molar-refractivity contribution in [1.82, 2.24) is 0 Å². The van der Waals surface area contributed by atoms with Gasteiger partial charge in [-0.1, -0.05) is 38.3 Å². The third-order valence-corrected chi connectivity index (χ3v) is 3.32. The van der Waals surface area contributed by atoms with Crippen LogP contribution >= 0.6 is 0 Å². The van der Waals surface area contributed by atoms with Gasteiger partial charge in [0.15, 0.2) is 17.3 Å². The molecule has 2 N–H and O–H groups in total. The Morgan fingerprint density at radius 1 is 1.22 bits per heavy atom. The summed E-state index contributed by atoms with van der Waals surface area (Å²) in [6.07, 6.45) is 9.01. The molecule has 0 bridgehead atoms. The number of rotatable bonds is 10. The Kier molecular flexibility index (Phi) is 8.58. The highest BCUT2D eigenvalue weighted by Gasteiger charge is 2.02. The molecule has 0 atom stereocenters. The Morgan fingerprint density at radius 2 is 2.00 bits per heavy atom. The summed E-state index contributed by atoms with van der Waals surface area (Å²) in [6, 6.07) is 4.91. The highest BCUT2D eigenvalue weighted by molar-refractivity contribution is 5.90. The lowest BCUT2D eigenvalue weighted by molar-refractivity contribution is -0.114. The topological polar surface area (TPSA) is 66.8 Å². The summed E-state index contributed by atoms with van der Waals surface area (Å²) in [5.41, 5.74) is 0.765. The third kappa shape index (κ3) is 7.54. The number of carbonyl (C=O) groups excluding carboxylic acids is 1. The van der Waals surface area contributed by atoms with Crippen molar-refractivity contribution in [2.45, 2.75) is 46.0 Å². The number of unbranched alkanes of at least 4 members (excludes halogenated alkanes) is 3. The molecule has 1 aromatic rings. The lowest BCUT2D eigenvalue weighted by Gasteiger charge is -2.06. The number of aliphatic hydroxyl groups is 1. The maximum absolute atomic E-state index is 11.7. The number of aromatic hydroxyl groups is 1. The molecule has 4 nitrogen and oxygen atoms in total. The van der Waals surface area contributed by atoms with Gasteiger partial charge in [0.1, 0.15) is 5.76 Å². The molecule has 0 heterocycles. The zero-order valence-electron chi connectivity index (χ0n) is 13.9. The number of phenolic OH excluding ortho intramolecular Hbond substituents is 1. The number of hydrogen-bond acceptors (Lipinski definition) is 4. The summed E-state index contributed by atoms with van der Waals surface area (Å²) in [4.78, 5) is 11.7. The Labute approximate surface area is 138 Å². The van der Waals surface area contributed by atoms with Crippen molar-refractivity contribution in [3.05, 3.63) is 41.7 Å². The van der Waals surface area contributed by atoms with Crippen LogP contribution in [-0.4, -0.2) is 22.6 Å². The predicted octanol–water partition coefficient (Wildman–Crippen LogP) is 4.79. The molecule has 1 rings (SSSR count). The van der Waals surface area contributed by atoms with Crippen molar-refractivity contribution in [1.29, 1.82) is 0 Å². The first-order valence-corrected chi connectivity index (χ1v) is 8.14. The smallest absolute Gasteiger partial charge is 0.161 e. The van der Waals surface area contributed by atoms with Gasteiger partial charge in [-0.3, -0.25) is 4.79 Å². The summed E-state index contributed by atoms with van der Waals surface area (Å²) in [6.45, 7) is 4.42. The first kappa shape index (κ1) is 18.8. The average Bonchev–Trinajstić information content (AvgIpc) is 2.52. The molecule has 0 saturated carbocycles. The lowest BCUT2D eigenvalue weighted by atomic mass is 10.1. The number of allylic oxidation sites excluding steroid dienone is 2. The quantitative estimate of drug-likeness (QED) is 0.282. The van der Waals surface area contributed by atoms with Gasteiger partial charge in [0.25, 0.3) is 0 Å². The maximum Gasteiger partial charge on any atom is 0.161 e. The molecule has 0 fully saturated rings. The van der Waals surface area contributed by atoms with Gasteiger partial charge in [-0.25, -0.2) is 0 Å². The van der Waals surface area contributed by atoms with E-state index in [9.17, 15) is 15.0 Å². The second kappa shape index (κ2) is 10.5. The van der Waals surface area contributed by atoms with E-state index < -0.39 is 0 Å². The molecule has 0 amide bonds. The molecule has 0 aliphatic carbocycles. The Morgan fingerprint density at radius 3 is 2.70 bits per heavy atom. The Bertz CT molecular complexity index is 558. The van der Waals surface area contributed by atoms with Gasteiger partial charge < -0.3 is 14.9 Å². The average molecular weight is 318 g/mol. The highest BCUT2D eigenvalue weighted by Crippen LogP contribution is 2.27. The molecule has 23 heavy (non-hydrogen) atoms. The fraction of sp³-hybridized carbons (Fsp3) is 0.421. The molecular formula is C19H26O4. The van der Waals surface area contributed by atoms with Crippen molar-refractivity contribution < 1.29 is 19.7 Å². The number of ketones is 1. The van der Waals surface area contributed by atoms with E-state index in [1.54, 1.807) is 18.2 Å². The summed E-state index contributed by atoms with van der Waals surface area (Å²) >= 11 is 0. The molecule has 0 unspecified atom stereocenters. The molecule has 0 spiro atoms. The Hall–Kier alpha value is -2.23. The molecule has 0 aliphatic rings. The van der Waals surface area contributed by atoms with E-state index in [4.69, 9.17) is 4.74 Å². The van der Waals surface area contributed by atoms with Crippen molar-refractivity contribution in [3.8, 4) is 11.5 Å². The molecule has 0 aliphatic heterocycles. The van der Waals surface area contributed by atoms with Crippen LogP contribution in [0.4, 0.5) is 0 Å². The lowest BCUT2D eigenvalue weighted by Crippen LogP contribution is -1.94. The standard InChI is InChI=1S/C19H26O4/c1-3-5-6-7-8-16(20)14-17(21)11-9-15-10-12-18(22)19(13-15)23-4-2/h9-14,21-22H,3-8H2,1-2H3. The van der Waals surface area contributed by atoms with E-state index in [0.29, 0.717) is 18.8 Å². The highest BCUT2D eigenvalue weighted by atomic mass is 16.5. The van der Waals surface area contributed by atoms with E-state index in [-0.39, 0.29) is 17.3 Å². The molecule has 4 heteroatoms. The fourth-order valence-corrected chi connectivity index (χ4v) is 2.10. The van der Waals surface area contributed by atoms with Gasteiger partial charge in [0, 0.05) is 12.5 Å². The van der Waals surface area contributed by atoms with Gasteiger partial charge in [-0.2, -0.15) is 0 Å². The van der Waals surface area contributed by atoms with Gasteiger partial charge in [0.05, 0.1) is 6.61 Å². The summed E-state index contributed by atoms with van der Waals surface area (Å²) in [5.74, 6) is 0.330. The number of phenols is 1. The number of carbonyl (C=O) groups is 1. The van der Waals surface area contributed by atoms with E-state index in [1.165, 1.54) is 18.2 Å². The van der Waals surface area contributed by atoms with Crippen LogP contribution in [0.1, 0.15) is 51.5 Å². The number of aliphatic hydroxyl groups excluding tert-OH is 1. The first-order chi connectivity index (χ1) is 11.1. The predicted molar refractivity (Wildman–Crippen MR) is 92.8 cm³/mol. The van der Waals surface area contributed by atoms with E-state index in [1.807, 2.05) is 6.92 Å². The number of benzene rings is 1. The van der Waals surface area contributed by atoms with Crippen LogP contribution < -0.4 is 4.74 Å². The SMILES string of the molecule is CCCCCCC(=O)C=C(O)C=Cc1ccc(O)c(OCC)c1. The van der Waals surface area contributed by atoms with E-state index in [2.05, 4.69) is 6.92 Å². The van der Waals surface area contributed by atoms with Crippen LogP contribution in [0.15, 0.2) is 36.1 Å². The molecule has 0 radical (unpaired) electrons. The van der Waals surface area contributed by atoms with Crippen molar-refractivity contribution >= 4 is 11.9 Å². The van der Waals surface area contributed by atoms with Crippen molar-refractivity contribution in [2.75, 3.05) is 6.61 Å². The normalized spacial score (nSPS) is 11.8. The van der Waals surface area contributed by atoms with Crippen LogP contribution in [0, 0.1) is 0 Å². The van der Waals surface area contributed by atoms with Gasteiger partial charge in [-0.15, -0.1) is 0 Å². The Balaban J connectivity index is 2.60. The van der Waals surface area contributed by atoms with Crippen molar-refractivity contribution in [2.24, 2.45) is 0 Å². The van der Waals surface area contributed by atoms with Crippen LogP contribution in [0.3, 0.4) is 0 Å². The molecule has 1 aromatic carbocycles. The maximum atomic E-state index is 11.7. The van der Waals surface area contributed by atoms with Crippen LogP contribution in [0.25, 0.3) is 6.08 Å². The third-order valence-electron chi connectivity index (χ3n) is 3.32. The van der Waals surface area contributed by atoms with Crippen molar-refractivity contribution in [3.63, 3.8) is 0 Å². The fourth-order valence-electron chi connectivity index (χ4n) is 2.10. The van der Waals surface area contributed by atoms with Gasteiger partial charge in [0.2, 0.25) is 0 Å². The number of hydrogen-bond donors (Lipinski definition) is 2. The van der Waals surface area contributed by atoms with E-state index >= 15 is 0 Å². The van der Waals surface area contributed by atoms with Crippen LogP contribution in [-0.2, 0) is 4.79 Å². The summed E-state index contributed by atoms with van der Waals surface area (Å²) < 4.78 is 5.30. The summed E-state index contributed by atoms with van der Waals surface area (Å²) in [5, 5.41) is 19.4. The first-order valence-electron chi connectivity index (χ1n) is 8.14. The molecular weight excluding hydrogens is 292 g/mol. The molecule has 126 valence electrons. The minimum Gasteiger partial charge on any atom is -0.508 e.